The van der Waals surface area contributed by atoms with E-state index in [1.165, 1.54) is 0 Å². The molecule has 0 aliphatic carbocycles. The first-order chi connectivity index (χ1) is 33.2. The zero-order chi connectivity index (χ0) is 46.7. The molecule has 6 nitrogen and oxygen atoms in total. The minimum atomic E-state index is 0. The normalized spacial score (nSPS) is 11.1. The average molecular weight is 1080 g/mol. The Kier molecular flexibility index (Phi) is 13.4. The number of aryl methyl sites for hydroxylation is 4. The van der Waals surface area contributed by atoms with Crippen molar-refractivity contribution in [2.75, 3.05) is 9.80 Å². The summed E-state index contributed by atoms with van der Waals surface area (Å²) in [6.45, 7) is 8.50. The topological polar surface area (TPSA) is 72.2 Å². The van der Waals surface area contributed by atoms with Crippen LogP contribution >= 0.6 is 0 Å². The zero-order valence-electron chi connectivity index (χ0n) is 38.8. The van der Waals surface area contributed by atoms with Gasteiger partial charge in [-0.3, -0.25) is 4.99 Å². The second-order valence-electron chi connectivity index (χ2n) is 17.2. The van der Waals surface area contributed by atoms with Crippen molar-refractivity contribution < 1.29 is 31.3 Å². The van der Waals surface area contributed by atoms with Gasteiger partial charge < -0.3 is 20.0 Å². The molecule has 0 amide bonds. The second kappa shape index (κ2) is 20.0. The van der Waals surface area contributed by atoms with Gasteiger partial charge in [0.25, 0.3) is 0 Å². The van der Waals surface area contributed by atoms with Gasteiger partial charge in [-0.05, 0) is 193 Å². The molecule has 10 rings (SSSR count). The number of aromatic hydroxyl groups is 2. The number of nitrogens with zero attached hydrogens (tertiary/aromatic N) is 4. The van der Waals surface area contributed by atoms with Crippen LogP contribution in [0.3, 0.4) is 0 Å². The number of anilines is 6. The van der Waals surface area contributed by atoms with Crippen LogP contribution in [0.2, 0.25) is 0 Å². The Hall–Kier alpha value is -8.05. The standard InChI is InChI=1S/C62H50N4O2.Pt/c1-41-33-53(65(49-21-9-5-10-22-49)50-23-11-6-12-24-50)34-42(2)60(41)46-31-32-55(58(67)38-46)56-29-18-20-48(64-56)40-63-57-30-17-19-45-37-47(39-59(68)62(45)57)61-43(3)35-54(36-44(61)4)66(51-25-13-7-14-26-51)52-27-15-8-16-28-52;/h5-40,67-68H,1-4H3;. The summed E-state index contributed by atoms with van der Waals surface area (Å²) in [7, 11) is 0. The molecule has 0 unspecified atom stereocenters. The predicted molar refractivity (Wildman–Crippen MR) is 283 cm³/mol. The maximum absolute atomic E-state index is 11.7. The maximum atomic E-state index is 11.7. The Balaban J connectivity index is 0.00000593. The van der Waals surface area contributed by atoms with E-state index in [1.54, 1.807) is 6.21 Å². The molecule has 0 atom stereocenters. The first-order valence-electron chi connectivity index (χ1n) is 22.8. The summed E-state index contributed by atoms with van der Waals surface area (Å²) < 4.78 is 0. The molecule has 1 heterocycles. The number of hydrogen-bond donors (Lipinski definition) is 2. The number of hydrogen-bond acceptors (Lipinski definition) is 6. The van der Waals surface area contributed by atoms with E-state index in [9.17, 15) is 10.2 Å². The van der Waals surface area contributed by atoms with Crippen molar-refractivity contribution in [3.05, 3.63) is 240 Å². The molecule has 0 fully saturated rings. The van der Waals surface area contributed by atoms with Gasteiger partial charge in [0, 0.05) is 66.1 Å². The molecule has 10 aromatic rings. The van der Waals surface area contributed by atoms with Gasteiger partial charge in [0.2, 0.25) is 0 Å². The summed E-state index contributed by atoms with van der Waals surface area (Å²) in [5, 5.41) is 24.8. The number of benzene rings is 9. The van der Waals surface area contributed by atoms with Crippen LogP contribution in [-0.4, -0.2) is 21.4 Å². The molecule has 7 heteroatoms. The average Bonchev–Trinajstić information content (AvgIpc) is 3.34. The number of phenolic OH excluding ortho intramolecular Hbond substituents is 2. The van der Waals surface area contributed by atoms with Crippen LogP contribution in [0.15, 0.2) is 217 Å². The molecule has 0 saturated heterocycles. The van der Waals surface area contributed by atoms with Gasteiger partial charge in [0.15, 0.2) is 0 Å². The summed E-state index contributed by atoms with van der Waals surface area (Å²) in [5.41, 5.74) is 17.4. The summed E-state index contributed by atoms with van der Waals surface area (Å²) >= 11 is 0. The van der Waals surface area contributed by atoms with Crippen LogP contribution < -0.4 is 9.80 Å². The van der Waals surface area contributed by atoms with E-state index in [0.717, 1.165) is 84.0 Å². The second-order valence-corrected chi connectivity index (χ2v) is 17.2. The summed E-state index contributed by atoms with van der Waals surface area (Å²) in [5.74, 6) is 0.293. The quantitative estimate of drug-likeness (QED) is 0.126. The zero-order valence-corrected chi connectivity index (χ0v) is 41.1. The van der Waals surface area contributed by atoms with E-state index in [1.807, 2.05) is 84.9 Å². The predicted octanol–water partition coefficient (Wildman–Crippen LogP) is 16.6. The number of para-hydroxylation sites is 4. The number of pyridine rings is 1. The van der Waals surface area contributed by atoms with Gasteiger partial charge >= 0.3 is 0 Å². The number of fused-ring (bicyclic) bond motifs is 1. The van der Waals surface area contributed by atoms with Crippen LogP contribution in [0.1, 0.15) is 27.9 Å². The number of aromatic nitrogens is 1. The fourth-order valence-electron chi connectivity index (χ4n) is 9.60. The molecular weight excluding hydrogens is 1030 g/mol. The monoisotopic (exact) mass is 1080 g/mol. The van der Waals surface area contributed by atoms with E-state index in [2.05, 4.69) is 165 Å². The molecule has 0 radical (unpaired) electrons. The first-order valence-corrected chi connectivity index (χ1v) is 22.8. The Morgan fingerprint density at radius 1 is 0.420 bits per heavy atom. The van der Waals surface area contributed by atoms with Crippen molar-refractivity contribution in [1.29, 1.82) is 0 Å². The van der Waals surface area contributed by atoms with Crippen LogP contribution in [-0.2, 0) is 21.1 Å². The van der Waals surface area contributed by atoms with Crippen molar-refractivity contribution in [3.8, 4) is 45.0 Å². The molecule has 1 aromatic heterocycles. The molecule has 0 bridgehead atoms. The fraction of sp³-hybridized carbons (Fsp3) is 0.0645. The van der Waals surface area contributed by atoms with Crippen molar-refractivity contribution in [2.24, 2.45) is 4.99 Å². The van der Waals surface area contributed by atoms with Gasteiger partial charge in [-0.25, -0.2) is 4.98 Å². The van der Waals surface area contributed by atoms with E-state index < -0.39 is 0 Å². The van der Waals surface area contributed by atoms with E-state index in [0.29, 0.717) is 28.0 Å². The van der Waals surface area contributed by atoms with Crippen LogP contribution in [0.4, 0.5) is 39.8 Å². The van der Waals surface area contributed by atoms with Crippen LogP contribution in [0.5, 0.6) is 11.5 Å². The third kappa shape index (κ3) is 9.45. The summed E-state index contributed by atoms with van der Waals surface area (Å²) in [4.78, 5) is 14.3. The van der Waals surface area contributed by atoms with Gasteiger partial charge in [-0.15, -0.1) is 0 Å². The Labute approximate surface area is 418 Å². The number of rotatable bonds is 11. The SMILES string of the molecule is Cc1cc(N(c2ccccc2)c2ccccc2)cc(C)c1-c1ccc(-c2cccc(C=Nc3cccc4cc(-c5c(C)cc(N(c6ccccc6)c6ccccc6)cc5C)cc(O)c34)n2)c(O)c1.[Pt]. The van der Waals surface area contributed by atoms with Gasteiger partial charge in [0.1, 0.15) is 11.5 Å². The molecule has 0 saturated carbocycles. The van der Waals surface area contributed by atoms with Gasteiger partial charge in [-0.1, -0.05) is 97.1 Å². The summed E-state index contributed by atoms with van der Waals surface area (Å²) in [6.07, 6.45) is 1.71. The van der Waals surface area contributed by atoms with Gasteiger partial charge in [0.05, 0.1) is 23.3 Å². The minimum Gasteiger partial charge on any atom is -0.507 e. The smallest absolute Gasteiger partial charge is 0.126 e. The fourth-order valence-corrected chi connectivity index (χ4v) is 9.60. The molecule has 9 aromatic carbocycles. The van der Waals surface area contributed by atoms with Crippen molar-refractivity contribution in [1.82, 2.24) is 4.98 Å². The van der Waals surface area contributed by atoms with Crippen molar-refractivity contribution in [3.63, 3.8) is 0 Å². The Morgan fingerprint density at radius 2 is 0.870 bits per heavy atom. The van der Waals surface area contributed by atoms with E-state index in [4.69, 9.17) is 9.98 Å². The first kappa shape index (κ1) is 46.1. The molecule has 0 aliphatic rings. The van der Waals surface area contributed by atoms with Gasteiger partial charge in [-0.2, -0.15) is 0 Å². The largest absolute Gasteiger partial charge is 0.507 e. The summed E-state index contributed by atoms with van der Waals surface area (Å²) in [6, 6.07) is 71.8. The molecule has 69 heavy (non-hydrogen) atoms. The molecule has 2 N–H and O–H groups in total. The maximum Gasteiger partial charge on any atom is 0.126 e. The minimum absolute atomic E-state index is 0. The Bertz CT molecular complexity index is 3350. The molecule has 340 valence electrons. The van der Waals surface area contributed by atoms with Crippen molar-refractivity contribution in [2.45, 2.75) is 27.7 Å². The van der Waals surface area contributed by atoms with E-state index >= 15 is 0 Å². The molecule has 0 spiro atoms. The van der Waals surface area contributed by atoms with E-state index in [-0.39, 0.29) is 32.6 Å². The third-order valence-corrected chi connectivity index (χ3v) is 12.5. The number of aliphatic imine (C=N–C) groups is 1. The molecule has 0 aliphatic heterocycles. The van der Waals surface area contributed by atoms with Crippen molar-refractivity contribution >= 4 is 56.8 Å². The van der Waals surface area contributed by atoms with Crippen LogP contribution in [0.25, 0.3) is 44.3 Å². The molecular formula is C62H50N4O2Pt. The number of phenols is 2. The van der Waals surface area contributed by atoms with Crippen LogP contribution in [0, 0.1) is 27.7 Å². The third-order valence-electron chi connectivity index (χ3n) is 12.5. The Morgan fingerprint density at radius 3 is 1.35 bits per heavy atom.